The Hall–Kier alpha value is -5.06. The minimum Gasteiger partial charge on any atom is -0.342 e. The van der Waals surface area contributed by atoms with E-state index >= 15 is 9.59 Å². The summed E-state index contributed by atoms with van der Waals surface area (Å²) in [6.45, 7) is 0. The van der Waals surface area contributed by atoms with Crippen LogP contribution in [0.4, 0.5) is 0 Å². The van der Waals surface area contributed by atoms with Crippen molar-refractivity contribution in [2.45, 2.75) is 29.6 Å². The molecule has 284 valence electrons. The number of amides is 2. The van der Waals surface area contributed by atoms with Gasteiger partial charge in [-0.15, -0.1) is 0 Å². The van der Waals surface area contributed by atoms with Gasteiger partial charge < -0.3 is 16.0 Å². The van der Waals surface area contributed by atoms with E-state index in [0.29, 0.717) is 5.56 Å². The van der Waals surface area contributed by atoms with Crippen molar-refractivity contribution in [3.8, 4) is 0 Å². The van der Waals surface area contributed by atoms with Crippen LogP contribution < -0.4 is 11.1 Å². The number of carbonyl (C=O) groups excluding carboxylic acids is 3. The lowest BCUT2D eigenvalue weighted by atomic mass is 9.74. The van der Waals surface area contributed by atoms with Crippen molar-refractivity contribution in [2.75, 3.05) is 17.3 Å². The SMILES string of the molecule is N[C@@H](CS)C(=O)N[C@@H](CS)C(=O)N([C@@H](CS)C(=O)c1ccc(C(c2ccccc2)c2ccccc2)cc1)C(c1ccccc1)(c1ccccc1)c1ccccc1. The number of nitrogens with zero attached hydrogens (tertiary/aromatic N) is 1. The van der Waals surface area contributed by atoms with E-state index in [0.717, 1.165) is 33.4 Å². The van der Waals surface area contributed by atoms with Crippen molar-refractivity contribution >= 4 is 55.5 Å². The van der Waals surface area contributed by atoms with E-state index < -0.39 is 35.5 Å². The predicted octanol–water partition coefficient (Wildman–Crippen LogP) is 7.84. The number of thiol groups is 3. The van der Waals surface area contributed by atoms with E-state index in [1.54, 1.807) is 4.90 Å². The summed E-state index contributed by atoms with van der Waals surface area (Å²) >= 11 is 13.6. The van der Waals surface area contributed by atoms with Gasteiger partial charge in [0.05, 0.1) is 6.04 Å². The van der Waals surface area contributed by atoms with Gasteiger partial charge in [0.25, 0.3) is 0 Å². The van der Waals surface area contributed by atoms with Gasteiger partial charge in [0.15, 0.2) is 5.78 Å². The molecular weight excluding hydrogens is 751 g/mol. The van der Waals surface area contributed by atoms with Gasteiger partial charge in [0.1, 0.15) is 17.6 Å². The third-order valence-corrected chi connectivity index (χ3v) is 11.2. The molecule has 9 heteroatoms. The maximum absolute atomic E-state index is 15.5. The van der Waals surface area contributed by atoms with Crippen LogP contribution in [0.1, 0.15) is 49.7 Å². The minimum atomic E-state index is -1.37. The molecule has 56 heavy (non-hydrogen) atoms. The van der Waals surface area contributed by atoms with Crippen molar-refractivity contribution in [3.63, 3.8) is 0 Å². The van der Waals surface area contributed by atoms with Gasteiger partial charge in [-0.1, -0.05) is 176 Å². The average molecular weight is 796 g/mol. The Morgan fingerprint density at radius 3 is 1.30 bits per heavy atom. The van der Waals surface area contributed by atoms with Gasteiger partial charge in [-0.05, 0) is 33.4 Å². The number of hydrogen-bond donors (Lipinski definition) is 5. The topological polar surface area (TPSA) is 92.5 Å². The van der Waals surface area contributed by atoms with E-state index in [1.165, 1.54) is 0 Å². The van der Waals surface area contributed by atoms with Crippen LogP contribution in [0.5, 0.6) is 0 Å². The molecule has 0 unspecified atom stereocenters. The van der Waals surface area contributed by atoms with Gasteiger partial charge >= 0.3 is 0 Å². The second kappa shape index (κ2) is 19.2. The Kier molecular flexibility index (Phi) is 13.9. The molecule has 0 aliphatic rings. The van der Waals surface area contributed by atoms with Gasteiger partial charge in [0, 0.05) is 28.7 Å². The molecule has 0 aliphatic carbocycles. The first-order valence-electron chi connectivity index (χ1n) is 18.5. The fraction of sp³-hybridized carbons (Fsp3) is 0.170. The molecule has 0 spiro atoms. The molecule has 0 bridgehead atoms. The van der Waals surface area contributed by atoms with Crippen LogP contribution in [0, 0.1) is 0 Å². The lowest BCUT2D eigenvalue weighted by molar-refractivity contribution is -0.141. The third kappa shape index (κ3) is 8.51. The van der Waals surface area contributed by atoms with Crippen LogP contribution in [-0.2, 0) is 15.1 Å². The zero-order valence-corrected chi connectivity index (χ0v) is 33.4. The van der Waals surface area contributed by atoms with E-state index in [2.05, 4.69) is 54.8 Å². The molecule has 0 fully saturated rings. The number of carbonyl (C=O) groups is 3. The van der Waals surface area contributed by atoms with E-state index in [4.69, 9.17) is 18.4 Å². The third-order valence-electron chi connectivity index (χ3n) is 10.1. The zero-order chi connectivity index (χ0) is 39.5. The fourth-order valence-corrected chi connectivity index (χ4v) is 8.15. The van der Waals surface area contributed by atoms with Crippen LogP contribution in [0.15, 0.2) is 176 Å². The predicted molar refractivity (Wildman–Crippen MR) is 236 cm³/mol. The molecule has 0 saturated carbocycles. The quantitative estimate of drug-likeness (QED) is 0.0393. The highest BCUT2D eigenvalue weighted by molar-refractivity contribution is 7.80. The van der Waals surface area contributed by atoms with Gasteiger partial charge in [0.2, 0.25) is 11.8 Å². The lowest BCUT2D eigenvalue weighted by Gasteiger charge is -2.49. The smallest absolute Gasteiger partial charge is 0.247 e. The highest BCUT2D eigenvalue weighted by Gasteiger charge is 2.50. The van der Waals surface area contributed by atoms with Crippen LogP contribution in [0.25, 0.3) is 0 Å². The Labute approximate surface area is 345 Å². The molecule has 0 heterocycles. The largest absolute Gasteiger partial charge is 0.342 e. The number of nitrogens with two attached hydrogens (primary N) is 1. The summed E-state index contributed by atoms with van der Waals surface area (Å²) in [7, 11) is 0. The number of benzene rings is 6. The van der Waals surface area contributed by atoms with Crippen molar-refractivity contribution < 1.29 is 14.4 Å². The average Bonchev–Trinajstić information content (AvgIpc) is 3.27. The number of rotatable bonds is 16. The standard InChI is InChI=1S/C47H45N3O3S3/c48-40(30-54)45(52)49-41(31-55)46(53)50(47(37-20-10-3-11-21-37,38-22-12-4-13-23-38)39-24-14-5-15-25-39)42(32-56)44(51)36-28-26-35(27-29-36)43(33-16-6-1-7-17-33)34-18-8-2-9-19-34/h1-29,40-43,54-56H,30-32,48H2,(H,49,52)/t40-,41-,42-/m0/s1. The van der Waals surface area contributed by atoms with Crippen molar-refractivity contribution in [2.24, 2.45) is 5.73 Å². The van der Waals surface area contributed by atoms with Crippen LogP contribution >= 0.6 is 37.9 Å². The zero-order valence-electron chi connectivity index (χ0n) is 30.8. The summed E-state index contributed by atoms with van der Waals surface area (Å²) < 4.78 is 0. The first kappa shape index (κ1) is 40.6. The summed E-state index contributed by atoms with van der Waals surface area (Å²) in [4.78, 5) is 45.5. The number of nitrogens with one attached hydrogen (secondary N) is 1. The molecule has 3 N–H and O–H groups in total. The fourth-order valence-electron chi connectivity index (χ4n) is 7.41. The number of Topliss-reactive ketones (excluding diaryl/α,β-unsaturated/α-hetero) is 1. The summed E-state index contributed by atoms with van der Waals surface area (Å²) in [6.07, 6.45) is 0. The number of hydrogen-bond acceptors (Lipinski definition) is 7. The molecule has 6 nitrogen and oxygen atoms in total. The van der Waals surface area contributed by atoms with Crippen molar-refractivity contribution in [1.82, 2.24) is 10.2 Å². The van der Waals surface area contributed by atoms with Crippen molar-refractivity contribution in [3.05, 3.63) is 215 Å². The molecule has 0 aromatic heterocycles. The molecule has 0 radical (unpaired) electrons. The van der Waals surface area contributed by atoms with Crippen LogP contribution in [0.3, 0.4) is 0 Å². The highest BCUT2D eigenvalue weighted by Crippen LogP contribution is 2.45. The molecule has 6 aromatic rings. The minimum absolute atomic E-state index is 0.0272. The Bertz CT molecular complexity index is 2040. The second-order valence-corrected chi connectivity index (χ2v) is 14.6. The normalized spacial score (nSPS) is 13.0. The second-order valence-electron chi connectivity index (χ2n) is 13.5. The summed E-state index contributed by atoms with van der Waals surface area (Å²) in [6, 6.07) is 53.8. The van der Waals surface area contributed by atoms with Crippen LogP contribution in [-0.4, -0.2) is 57.9 Å². The molecule has 3 atom stereocenters. The molecular formula is C47H45N3O3S3. The Morgan fingerprint density at radius 2 is 0.929 bits per heavy atom. The first-order chi connectivity index (χ1) is 27.3. The summed E-state index contributed by atoms with van der Waals surface area (Å²) in [5, 5.41) is 2.82. The van der Waals surface area contributed by atoms with E-state index in [-0.39, 0.29) is 29.0 Å². The highest BCUT2D eigenvalue weighted by atomic mass is 32.1. The summed E-state index contributed by atoms with van der Waals surface area (Å²) in [5.41, 5.74) is 10.6. The van der Waals surface area contributed by atoms with Gasteiger partial charge in [-0.3, -0.25) is 14.4 Å². The Balaban J connectivity index is 1.54. The maximum Gasteiger partial charge on any atom is 0.247 e. The molecule has 6 aromatic carbocycles. The van der Waals surface area contributed by atoms with Gasteiger partial charge in [-0.25, -0.2) is 0 Å². The van der Waals surface area contributed by atoms with Gasteiger partial charge in [-0.2, -0.15) is 37.9 Å². The first-order valence-corrected chi connectivity index (χ1v) is 20.4. The van der Waals surface area contributed by atoms with E-state index in [1.807, 2.05) is 152 Å². The summed E-state index contributed by atoms with van der Waals surface area (Å²) in [5.74, 6) is -1.45. The molecule has 6 rings (SSSR count). The maximum atomic E-state index is 15.5. The molecule has 0 aliphatic heterocycles. The van der Waals surface area contributed by atoms with Crippen LogP contribution in [0.2, 0.25) is 0 Å². The van der Waals surface area contributed by atoms with E-state index in [9.17, 15) is 4.79 Å². The number of ketones is 1. The lowest BCUT2D eigenvalue weighted by Crippen LogP contribution is -2.64. The van der Waals surface area contributed by atoms with Crippen molar-refractivity contribution in [1.29, 1.82) is 0 Å². The molecule has 0 saturated heterocycles. The molecule has 2 amide bonds. The monoisotopic (exact) mass is 795 g/mol. The Morgan fingerprint density at radius 1 is 0.536 bits per heavy atom.